The summed E-state index contributed by atoms with van der Waals surface area (Å²) in [6.07, 6.45) is 0.177. The number of rotatable bonds is 7. The van der Waals surface area contributed by atoms with Gasteiger partial charge in [0.15, 0.2) is 0 Å². The van der Waals surface area contributed by atoms with Crippen molar-refractivity contribution in [1.82, 2.24) is 4.90 Å². The highest BCUT2D eigenvalue weighted by molar-refractivity contribution is 4.67. The van der Waals surface area contributed by atoms with E-state index in [-0.39, 0.29) is 6.10 Å². The molecule has 1 atom stereocenters. The molecule has 0 aromatic carbocycles. The lowest BCUT2D eigenvalue weighted by Gasteiger charge is -2.30. The Morgan fingerprint density at radius 2 is 1.57 bits per heavy atom. The molecule has 0 spiro atoms. The van der Waals surface area contributed by atoms with Crippen LogP contribution in [0.1, 0.15) is 34.6 Å². The predicted octanol–water partition coefficient (Wildman–Crippen LogP) is 1.47. The van der Waals surface area contributed by atoms with Gasteiger partial charge < -0.3 is 10.5 Å². The van der Waals surface area contributed by atoms with Crippen molar-refractivity contribution in [3.05, 3.63) is 0 Å². The van der Waals surface area contributed by atoms with Crippen LogP contribution in [0.5, 0.6) is 0 Å². The van der Waals surface area contributed by atoms with Crippen molar-refractivity contribution in [1.29, 1.82) is 0 Å². The van der Waals surface area contributed by atoms with Crippen LogP contribution in [0, 0.1) is 0 Å². The van der Waals surface area contributed by atoms with E-state index in [1.807, 2.05) is 6.92 Å². The molecule has 0 aromatic rings. The van der Waals surface area contributed by atoms with Gasteiger partial charge in [0.2, 0.25) is 0 Å². The molecule has 0 heterocycles. The summed E-state index contributed by atoms with van der Waals surface area (Å²) < 4.78 is 5.56. The molecule has 1 unspecified atom stereocenters. The second-order valence-corrected chi connectivity index (χ2v) is 4.34. The van der Waals surface area contributed by atoms with Gasteiger partial charge in [-0.1, -0.05) is 0 Å². The van der Waals surface area contributed by atoms with Crippen LogP contribution in [0.3, 0.4) is 0 Å². The highest BCUT2D eigenvalue weighted by Crippen LogP contribution is 2.04. The Morgan fingerprint density at radius 1 is 1.07 bits per heavy atom. The number of ether oxygens (including phenoxy) is 1. The minimum Gasteiger partial charge on any atom is -0.376 e. The summed E-state index contributed by atoms with van der Waals surface area (Å²) in [5, 5.41) is 0. The molecule has 0 rings (SSSR count). The first-order chi connectivity index (χ1) is 6.49. The van der Waals surface area contributed by atoms with Crippen LogP contribution >= 0.6 is 0 Å². The molecule has 0 amide bonds. The molecular formula is C11H26N2O. The Balaban J connectivity index is 3.72. The van der Waals surface area contributed by atoms with Crippen LogP contribution in [-0.4, -0.2) is 42.8 Å². The fraction of sp³-hybridized carbons (Fsp3) is 1.00. The lowest BCUT2D eigenvalue weighted by atomic mass is 10.2. The van der Waals surface area contributed by atoms with Crippen molar-refractivity contribution in [2.24, 2.45) is 5.73 Å². The fourth-order valence-corrected chi connectivity index (χ4v) is 1.54. The third-order valence-corrected chi connectivity index (χ3v) is 2.41. The maximum absolute atomic E-state index is 5.56. The quantitative estimate of drug-likeness (QED) is 0.679. The Kier molecular flexibility index (Phi) is 7.15. The lowest BCUT2D eigenvalue weighted by molar-refractivity contribution is 0.0390. The van der Waals surface area contributed by atoms with Gasteiger partial charge in [-0.05, 0) is 34.6 Å². The molecule has 0 aliphatic carbocycles. The highest BCUT2D eigenvalue weighted by Gasteiger charge is 2.12. The second kappa shape index (κ2) is 7.21. The Labute approximate surface area is 88.6 Å². The topological polar surface area (TPSA) is 38.5 Å². The molecule has 0 bridgehead atoms. The van der Waals surface area contributed by atoms with Crippen LogP contribution in [0.4, 0.5) is 0 Å². The standard InChI is InChI=1S/C11H26N2O/c1-9(2)13(10(3)4)6-7-14-11(5)8-12/h9-11H,6-8,12H2,1-5H3. The molecule has 86 valence electrons. The SMILES string of the molecule is CC(CN)OCCN(C(C)C)C(C)C. The van der Waals surface area contributed by atoms with Gasteiger partial charge in [-0.15, -0.1) is 0 Å². The number of nitrogens with zero attached hydrogens (tertiary/aromatic N) is 1. The van der Waals surface area contributed by atoms with E-state index in [0.717, 1.165) is 13.2 Å². The lowest BCUT2D eigenvalue weighted by Crippen LogP contribution is -2.40. The van der Waals surface area contributed by atoms with Crippen molar-refractivity contribution < 1.29 is 4.74 Å². The molecule has 2 N–H and O–H groups in total. The predicted molar refractivity (Wildman–Crippen MR) is 61.4 cm³/mol. The molecule has 0 aliphatic rings. The third-order valence-electron chi connectivity index (χ3n) is 2.41. The van der Waals surface area contributed by atoms with Crippen LogP contribution in [-0.2, 0) is 4.74 Å². The van der Waals surface area contributed by atoms with Crippen molar-refractivity contribution in [3.8, 4) is 0 Å². The van der Waals surface area contributed by atoms with E-state index in [1.54, 1.807) is 0 Å². The first kappa shape index (κ1) is 13.9. The smallest absolute Gasteiger partial charge is 0.0669 e. The van der Waals surface area contributed by atoms with E-state index >= 15 is 0 Å². The molecule has 0 fully saturated rings. The highest BCUT2D eigenvalue weighted by atomic mass is 16.5. The molecule has 0 aromatic heterocycles. The van der Waals surface area contributed by atoms with E-state index in [1.165, 1.54) is 0 Å². The average molecular weight is 202 g/mol. The zero-order chi connectivity index (χ0) is 11.1. The first-order valence-corrected chi connectivity index (χ1v) is 5.56. The van der Waals surface area contributed by atoms with Gasteiger partial charge in [0.05, 0.1) is 12.7 Å². The number of hydrogen-bond acceptors (Lipinski definition) is 3. The van der Waals surface area contributed by atoms with Crippen LogP contribution in [0.15, 0.2) is 0 Å². The van der Waals surface area contributed by atoms with E-state index in [9.17, 15) is 0 Å². The summed E-state index contributed by atoms with van der Waals surface area (Å²) in [5.41, 5.74) is 5.47. The zero-order valence-corrected chi connectivity index (χ0v) is 10.3. The average Bonchev–Trinajstić information content (AvgIpc) is 2.10. The molecule has 0 radical (unpaired) electrons. The summed E-state index contributed by atoms with van der Waals surface area (Å²) in [7, 11) is 0. The second-order valence-electron chi connectivity index (χ2n) is 4.34. The Hall–Kier alpha value is -0.120. The Morgan fingerprint density at radius 3 is 1.93 bits per heavy atom. The Bertz CT molecular complexity index is 129. The summed E-state index contributed by atoms with van der Waals surface area (Å²) >= 11 is 0. The summed E-state index contributed by atoms with van der Waals surface area (Å²) in [6.45, 7) is 13.2. The van der Waals surface area contributed by atoms with E-state index in [2.05, 4.69) is 32.6 Å². The van der Waals surface area contributed by atoms with Crippen LogP contribution < -0.4 is 5.73 Å². The summed E-state index contributed by atoms with van der Waals surface area (Å²) in [4.78, 5) is 2.42. The van der Waals surface area contributed by atoms with E-state index < -0.39 is 0 Å². The van der Waals surface area contributed by atoms with Crippen molar-refractivity contribution >= 4 is 0 Å². The van der Waals surface area contributed by atoms with Crippen LogP contribution in [0.2, 0.25) is 0 Å². The molecular weight excluding hydrogens is 176 g/mol. The minimum atomic E-state index is 0.177. The third kappa shape index (κ3) is 5.58. The van der Waals surface area contributed by atoms with Crippen molar-refractivity contribution in [2.75, 3.05) is 19.7 Å². The van der Waals surface area contributed by atoms with Gasteiger partial charge >= 0.3 is 0 Å². The minimum absolute atomic E-state index is 0.177. The molecule has 14 heavy (non-hydrogen) atoms. The van der Waals surface area contributed by atoms with Gasteiger partial charge in [0.1, 0.15) is 0 Å². The van der Waals surface area contributed by atoms with Gasteiger partial charge in [-0.3, -0.25) is 4.90 Å². The summed E-state index contributed by atoms with van der Waals surface area (Å²) in [5.74, 6) is 0. The molecule has 3 nitrogen and oxygen atoms in total. The zero-order valence-electron chi connectivity index (χ0n) is 10.3. The maximum atomic E-state index is 5.56. The van der Waals surface area contributed by atoms with Crippen molar-refractivity contribution in [2.45, 2.75) is 52.8 Å². The molecule has 3 heteroatoms. The van der Waals surface area contributed by atoms with E-state index in [4.69, 9.17) is 10.5 Å². The first-order valence-electron chi connectivity index (χ1n) is 5.56. The molecule has 0 aliphatic heterocycles. The summed E-state index contributed by atoms with van der Waals surface area (Å²) in [6, 6.07) is 1.15. The molecule has 0 saturated carbocycles. The van der Waals surface area contributed by atoms with Gasteiger partial charge in [-0.25, -0.2) is 0 Å². The van der Waals surface area contributed by atoms with E-state index in [0.29, 0.717) is 18.6 Å². The van der Waals surface area contributed by atoms with Gasteiger partial charge in [-0.2, -0.15) is 0 Å². The molecule has 0 saturated heterocycles. The van der Waals surface area contributed by atoms with Crippen molar-refractivity contribution in [3.63, 3.8) is 0 Å². The normalized spacial score (nSPS) is 14.4. The van der Waals surface area contributed by atoms with Gasteiger partial charge in [0.25, 0.3) is 0 Å². The van der Waals surface area contributed by atoms with Gasteiger partial charge in [0, 0.05) is 25.2 Å². The fourth-order valence-electron chi connectivity index (χ4n) is 1.54. The number of nitrogens with two attached hydrogens (primary N) is 1. The number of hydrogen-bond donors (Lipinski definition) is 1. The van der Waals surface area contributed by atoms with Crippen LogP contribution in [0.25, 0.3) is 0 Å². The maximum Gasteiger partial charge on any atom is 0.0669 e. The monoisotopic (exact) mass is 202 g/mol. The largest absolute Gasteiger partial charge is 0.376 e.